The predicted molar refractivity (Wildman–Crippen MR) is 334 cm³/mol. The summed E-state index contributed by atoms with van der Waals surface area (Å²) in [5, 5.41) is 5.82. The quantitative estimate of drug-likeness (QED) is 0.0529. The van der Waals surface area contributed by atoms with Gasteiger partial charge in [0.05, 0.1) is 18.6 Å². The van der Waals surface area contributed by atoms with Crippen molar-refractivity contribution in [3.8, 4) is 11.1 Å². The van der Waals surface area contributed by atoms with Crippen LogP contribution in [0.3, 0.4) is 0 Å². The summed E-state index contributed by atoms with van der Waals surface area (Å²) in [6.07, 6.45) is 8.41. The van der Waals surface area contributed by atoms with Crippen LogP contribution in [0.15, 0.2) is 109 Å². The van der Waals surface area contributed by atoms with Crippen molar-refractivity contribution in [1.82, 2.24) is 30.2 Å². The number of amides is 6. The van der Waals surface area contributed by atoms with Gasteiger partial charge in [-0.3, -0.25) is 38.4 Å². The van der Waals surface area contributed by atoms with Gasteiger partial charge in [0.2, 0.25) is 29.5 Å². The van der Waals surface area contributed by atoms with E-state index < -0.39 is 48.2 Å². The van der Waals surface area contributed by atoms with E-state index in [1.54, 1.807) is 68.1 Å². The highest BCUT2D eigenvalue weighted by atomic mass is 19.1. The number of Topliss-reactive ketones (excluding diaryl/α,β-unsaturated/α-hetero) is 2. The van der Waals surface area contributed by atoms with E-state index in [-0.39, 0.29) is 137 Å². The molecule has 2 saturated carbocycles. The van der Waals surface area contributed by atoms with E-state index in [0.717, 1.165) is 86.5 Å². The van der Waals surface area contributed by atoms with Crippen LogP contribution in [0.5, 0.6) is 0 Å². The number of benzene rings is 4. The molecular formula is C71H92F2N6O8. The number of rotatable bonds is 28. The van der Waals surface area contributed by atoms with Gasteiger partial charge in [-0.1, -0.05) is 163 Å². The van der Waals surface area contributed by atoms with Crippen LogP contribution in [-0.2, 0) is 41.6 Å². The Bertz CT molecular complexity index is 2930. The van der Waals surface area contributed by atoms with Crippen molar-refractivity contribution < 1.29 is 47.1 Å². The Hall–Kier alpha value is -7.10. The molecule has 87 heavy (non-hydrogen) atoms. The molecule has 2 saturated heterocycles. The summed E-state index contributed by atoms with van der Waals surface area (Å²) in [5.41, 5.74) is 4.22. The Morgan fingerprint density at radius 1 is 0.563 bits per heavy atom. The number of nitrogens with zero attached hydrogens (tertiary/aromatic N) is 4. The molecule has 0 bridgehead atoms. The van der Waals surface area contributed by atoms with Crippen LogP contribution in [0.2, 0.25) is 0 Å². The van der Waals surface area contributed by atoms with Crippen molar-refractivity contribution in [2.75, 3.05) is 45.8 Å². The number of alkyl halides is 2. The molecule has 7 atom stereocenters. The molecule has 0 spiro atoms. The first kappa shape index (κ1) is 65.9. The number of nitrogens with one attached hydrogen (secondary N) is 2. The Morgan fingerprint density at radius 2 is 1.05 bits per heavy atom. The van der Waals surface area contributed by atoms with Gasteiger partial charge in [-0.15, -0.1) is 0 Å². The lowest BCUT2D eigenvalue weighted by molar-refractivity contribution is -0.143. The Balaban J connectivity index is 0.877. The molecule has 2 aliphatic carbocycles. The summed E-state index contributed by atoms with van der Waals surface area (Å²) in [6.45, 7) is 7.89. The molecule has 0 radical (unpaired) electrons. The van der Waals surface area contributed by atoms with Crippen LogP contribution in [0.4, 0.5) is 8.78 Å². The lowest BCUT2D eigenvalue weighted by Gasteiger charge is -2.37. The molecule has 4 aromatic rings. The summed E-state index contributed by atoms with van der Waals surface area (Å²) >= 11 is 0. The molecule has 2 aliphatic heterocycles. The zero-order valence-corrected chi connectivity index (χ0v) is 51.7. The molecule has 4 aromatic carbocycles. The van der Waals surface area contributed by atoms with E-state index in [1.165, 1.54) is 0 Å². The van der Waals surface area contributed by atoms with E-state index in [1.807, 2.05) is 88.4 Å². The lowest BCUT2D eigenvalue weighted by Crippen LogP contribution is -2.57. The predicted octanol–water partition coefficient (Wildman–Crippen LogP) is 11.0. The molecule has 0 aromatic heterocycles. The minimum Gasteiger partial charge on any atom is -0.344 e. The van der Waals surface area contributed by atoms with Gasteiger partial charge in [0.1, 0.15) is 24.2 Å². The third-order valence-corrected chi connectivity index (χ3v) is 19.0. The molecule has 2 N–H and O–H groups in total. The van der Waals surface area contributed by atoms with Gasteiger partial charge in [0.15, 0.2) is 5.78 Å². The summed E-state index contributed by atoms with van der Waals surface area (Å²) in [7, 11) is 0. The average molecular weight is 1200 g/mol. The maximum atomic E-state index is 16.1. The fourth-order valence-electron chi connectivity index (χ4n) is 13.2. The molecule has 8 rings (SSSR count). The number of ketones is 2. The fourth-order valence-corrected chi connectivity index (χ4v) is 13.2. The highest BCUT2D eigenvalue weighted by Gasteiger charge is 2.46. The van der Waals surface area contributed by atoms with Crippen LogP contribution in [0.25, 0.3) is 11.1 Å². The van der Waals surface area contributed by atoms with Gasteiger partial charge in [0, 0.05) is 87.4 Å². The minimum atomic E-state index is -1.37. The highest BCUT2D eigenvalue weighted by molar-refractivity contribution is 5.99. The van der Waals surface area contributed by atoms with Crippen molar-refractivity contribution in [1.29, 1.82) is 0 Å². The molecule has 0 unspecified atom stereocenters. The lowest BCUT2D eigenvalue weighted by atomic mass is 9.76. The van der Waals surface area contributed by atoms with E-state index in [0.29, 0.717) is 30.4 Å². The van der Waals surface area contributed by atoms with Gasteiger partial charge in [-0.05, 0) is 104 Å². The molecular weight excluding hydrogens is 1100 g/mol. The first-order valence-corrected chi connectivity index (χ1v) is 32.4. The van der Waals surface area contributed by atoms with E-state index in [4.69, 9.17) is 0 Å². The maximum Gasteiger partial charge on any atom is 0.251 e. The number of likely N-dealkylation sites (tertiary alicyclic amines) is 2. The monoisotopic (exact) mass is 1190 g/mol. The number of hydrogen-bond donors (Lipinski definition) is 2. The van der Waals surface area contributed by atoms with Gasteiger partial charge in [-0.25, -0.2) is 8.78 Å². The average Bonchev–Trinajstić information content (AvgIpc) is 2.82. The van der Waals surface area contributed by atoms with E-state index >= 15 is 8.78 Å². The first-order chi connectivity index (χ1) is 42.0. The van der Waals surface area contributed by atoms with Gasteiger partial charge in [0.25, 0.3) is 5.91 Å². The third kappa shape index (κ3) is 18.0. The van der Waals surface area contributed by atoms with Crippen molar-refractivity contribution in [3.63, 3.8) is 0 Å². The maximum absolute atomic E-state index is 16.1. The molecule has 2 heterocycles. The van der Waals surface area contributed by atoms with Crippen LogP contribution >= 0.6 is 0 Å². The van der Waals surface area contributed by atoms with E-state index in [2.05, 4.69) is 10.6 Å². The Labute approximate surface area is 513 Å². The highest BCUT2D eigenvalue weighted by Crippen LogP contribution is 2.37. The Morgan fingerprint density at radius 3 is 1.55 bits per heavy atom. The van der Waals surface area contributed by atoms with Crippen LogP contribution in [0.1, 0.15) is 162 Å². The fraction of sp³-hybridized carbons (Fsp3) is 0.549. The van der Waals surface area contributed by atoms with Crippen LogP contribution in [-0.4, -0.2) is 143 Å². The Kier molecular flexibility index (Phi) is 24.4. The minimum absolute atomic E-state index is 0.0203. The van der Waals surface area contributed by atoms with Gasteiger partial charge < -0.3 is 30.2 Å². The second-order valence-corrected chi connectivity index (χ2v) is 25.2. The number of carbonyl (C=O) groups excluding carboxylic acids is 8. The first-order valence-electron chi connectivity index (χ1n) is 32.4. The molecule has 16 heteroatoms. The van der Waals surface area contributed by atoms with Crippen molar-refractivity contribution in [3.05, 3.63) is 131 Å². The number of carbonyl (C=O) groups is 8. The topological polar surface area (TPSA) is 174 Å². The molecule has 4 fully saturated rings. The molecule has 468 valence electrons. The second kappa shape index (κ2) is 32.2. The second-order valence-electron chi connectivity index (χ2n) is 25.2. The van der Waals surface area contributed by atoms with E-state index in [9.17, 15) is 38.4 Å². The largest absolute Gasteiger partial charge is 0.344 e. The zero-order chi connectivity index (χ0) is 62.0. The van der Waals surface area contributed by atoms with Gasteiger partial charge >= 0.3 is 0 Å². The number of halogens is 2. The summed E-state index contributed by atoms with van der Waals surface area (Å²) in [4.78, 5) is 117. The van der Waals surface area contributed by atoms with Crippen molar-refractivity contribution in [2.45, 2.75) is 174 Å². The van der Waals surface area contributed by atoms with Gasteiger partial charge in [-0.2, -0.15) is 0 Å². The van der Waals surface area contributed by atoms with Crippen molar-refractivity contribution >= 4 is 47.0 Å². The van der Waals surface area contributed by atoms with Crippen LogP contribution in [0, 0.1) is 29.6 Å². The summed E-state index contributed by atoms with van der Waals surface area (Å²) < 4.78 is 32.1. The number of hydrogen-bond acceptors (Lipinski definition) is 8. The van der Waals surface area contributed by atoms with Crippen molar-refractivity contribution in [2.24, 2.45) is 29.6 Å². The van der Waals surface area contributed by atoms with Crippen LogP contribution < -0.4 is 10.6 Å². The zero-order valence-electron chi connectivity index (χ0n) is 51.7. The summed E-state index contributed by atoms with van der Waals surface area (Å²) in [5.74, 6) is -3.17. The molecule has 14 nitrogen and oxygen atoms in total. The molecule has 6 amide bonds. The normalized spacial score (nSPS) is 20.1. The summed E-state index contributed by atoms with van der Waals surface area (Å²) in [6, 6.07) is 30.5. The standard InChI is InChI=1S/C71H92F2N6O8/c1-5-49(4)68(84)75-67(56-24-16-9-17-25-56)71(87)79-43-39-60(73)62(79)46-76(40-36-50-18-10-6-11-19-50)65(82)35-34-63(80)55-30-26-52(27-31-55)53-28-32-57(33-29-53)69(85)74-45-66(83)77(41-37-51-20-12-7-13-21-51)47-61-59(72)38-42-78(61)70(86)58(44-64(81)48(2)3)54-22-14-8-15-23-54/h6-7,10-13,18-21,26-33,48-49,54,56,58-62,67H,5,8-9,14-17,22-25,34-47H2,1-4H3,(H,74,85)(H,75,84)/t49-,58+,59+,60+,61-,62-,67+/m1/s1. The third-order valence-electron chi connectivity index (χ3n) is 19.0. The SMILES string of the molecule is CC[C@@H](C)C(=O)N[C@H](C(=O)N1CC[C@H](F)[C@H]1CN(CCc1ccccc1)C(=O)CCC(=O)c1ccc(-c2ccc(C(=O)NCC(=O)N(CCc3ccccc3)C[C@@H]3[C@@H](F)CCN3C(=O)[C@@H](CC(=O)C(C)C)C3CCCCC3)cc2)cc1)C1CCCCC1. The smallest absolute Gasteiger partial charge is 0.251 e. The molecule has 4 aliphatic rings.